The van der Waals surface area contributed by atoms with Crippen molar-refractivity contribution in [2.75, 3.05) is 13.1 Å². The predicted octanol–water partition coefficient (Wildman–Crippen LogP) is 4.30. The van der Waals surface area contributed by atoms with Gasteiger partial charge in [0.25, 0.3) is 0 Å². The summed E-state index contributed by atoms with van der Waals surface area (Å²) < 4.78 is 1.05. The number of carbonyl (C=O) groups is 1. The van der Waals surface area contributed by atoms with Gasteiger partial charge in [-0.25, -0.2) is 0 Å². The van der Waals surface area contributed by atoms with Crippen LogP contribution in [-0.4, -0.2) is 29.3 Å². The Bertz CT molecular complexity index is 484. The molecule has 0 aromatic heterocycles. The Hall–Kier alpha value is -0.930. The number of hydrogen-bond donors (Lipinski definition) is 0. The van der Waals surface area contributed by atoms with E-state index in [9.17, 15) is 4.79 Å². The third kappa shape index (κ3) is 3.80. The van der Waals surface area contributed by atoms with Crippen molar-refractivity contribution in [1.29, 1.82) is 0 Å². The molecule has 0 N–H and O–H groups in total. The van der Waals surface area contributed by atoms with Crippen molar-refractivity contribution in [1.82, 2.24) is 4.90 Å². The number of halogens is 1. The summed E-state index contributed by atoms with van der Waals surface area (Å²) in [6.07, 6.45) is 7.31. The minimum absolute atomic E-state index is 0.183. The molecule has 1 fully saturated rings. The topological polar surface area (TPSA) is 20.3 Å². The van der Waals surface area contributed by atoms with E-state index in [2.05, 4.69) is 20.8 Å². The molecule has 0 atom stereocenters. The third-order valence-electron chi connectivity index (χ3n) is 4.05. The molecule has 2 rings (SSSR count). The molecule has 1 aromatic rings. The second-order valence-corrected chi connectivity index (χ2v) is 6.77. The molecule has 0 aliphatic carbocycles. The van der Waals surface area contributed by atoms with Crippen molar-refractivity contribution in [3.8, 4) is 0 Å². The van der Waals surface area contributed by atoms with Gasteiger partial charge in [-0.15, -0.1) is 0 Å². The first kappa shape index (κ1) is 15.5. The summed E-state index contributed by atoms with van der Waals surface area (Å²) >= 11 is 3.41. The van der Waals surface area contributed by atoms with Gasteiger partial charge in [-0.2, -0.15) is 0 Å². The maximum Gasteiger partial charge on any atom is 0.175 e. The Morgan fingerprint density at radius 1 is 1.15 bits per heavy atom. The minimum atomic E-state index is -0.397. The molecule has 1 aromatic carbocycles. The molecule has 20 heavy (non-hydrogen) atoms. The van der Waals surface area contributed by atoms with E-state index in [1.54, 1.807) is 6.08 Å². The molecule has 1 heterocycles. The predicted molar refractivity (Wildman–Crippen MR) is 87.7 cm³/mol. The van der Waals surface area contributed by atoms with Crippen LogP contribution < -0.4 is 0 Å². The lowest BCUT2D eigenvalue weighted by atomic mass is 9.93. The lowest BCUT2D eigenvalue weighted by molar-refractivity contribution is -0.125. The molecule has 108 valence electrons. The molecule has 2 nitrogen and oxygen atoms in total. The van der Waals surface area contributed by atoms with Crippen LogP contribution in [0.3, 0.4) is 0 Å². The Morgan fingerprint density at radius 2 is 1.75 bits per heavy atom. The molecule has 0 bridgehead atoms. The number of hydrogen-bond acceptors (Lipinski definition) is 2. The molecule has 3 heteroatoms. The van der Waals surface area contributed by atoms with Crippen LogP contribution in [0.2, 0.25) is 0 Å². The highest BCUT2D eigenvalue weighted by molar-refractivity contribution is 9.10. The van der Waals surface area contributed by atoms with Gasteiger partial charge in [-0.05, 0) is 63.6 Å². The maximum absolute atomic E-state index is 12.5. The monoisotopic (exact) mass is 335 g/mol. The van der Waals surface area contributed by atoms with E-state index < -0.39 is 5.54 Å². The van der Waals surface area contributed by atoms with Gasteiger partial charge in [0.05, 0.1) is 5.54 Å². The summed E-state index contributed by atoms with van der Waals surface area (Å²) in [5.41, 5.74) is 0.655. The highest BCUT2D eigenvalue weighted by atomic mass is 79.9. The Morgan fingerprint density at radius 3 is 2.35 bits per heavy atom. The van der Waals surface area contributed by atoms with Crippen molar-refractivity contribution in [2.24, 2.45) is 0 Å². The largest absolute Gasteiger partial charge is 0.293 e. The lowest BCUT2D eigenvalue weighted by Gasteiger charge is -2.39. The highest BCUT2D eigenvalue weighted by Gasteiger charge is 2.33. The summed E-state index contributed by atoms with van der Waals surface area (Å²) in [5, 5.41) is 0. The number of piperidine rings is 1. The molecule has 1 saturated heterocycles. The van der Waals surface area contributed by atoms with Gasteiger partial charge < -0.3 is 0 Å². The number of likely N-dealkylation sites (tertiary alicyclic amines) is 1. The molecule has 1 aliphatic heterocycles. The number of benzene rings is 1. The summed E-state index contributed by atoms with van der Waals surface area (Å²) in [7, 11) is 0. The fraction of sp³-hybridized carbons (Fsp3) is 0.471. The number of rotatable bonds is 4. The van der Waals surface area contributed by atoms with Crippen molar-refractivity contribution in [2.45, 2.75) is 38.6 Å². The first-order chi connectivity index (χ1) is 9.50. The van der Waals surface area contributed by atoms with Crippen molar-refractivity contribution < 1.29 is 4.79 Å². The van der Waals surface area contributed by atoms with E-state index in [4.69, 9.17) is 0 Å². The highest BCUT2D eigenvalue weighted by Crippen LogP contribution is 2.22. The van der Waals surface area contributed by atoms with Crippen LogP contribution >= 0.6 is 15.9 Å². The van der Waals surface area contributed by atoms with Gasteiger partial charge in [-0.3, -0.25) is 9.69 Å². The van der Waals surface area contributed by atoms with Crippen LogP contribution in [0.1, 0.15) is 38.7 Å². The quantitative estimate of drug-likeness (QED) is 0.764. The van der Waals surface area contributed by atoms with Gasteiger partial charge >= 0.3 is 0 Å². The minimum Gasteiger partial charge on any atom is -0.293 e. The zero-order chi connectivity index (χ0) is 14.6. The summed E-state index contributed by atoms with van der Waals surface area (Å²) in [6, 6.07) is 7.98. The fourth-order valence-corrected chi connectivity index (χ4v) is 2.82. The second-order valence-electron chi connectivity index (χ2n) is 5.86. The zero-order valence-electron chi connectivity index (χ0n) is 12.2. The molecule has 0 spiro atoms. The summed E-state index contributed by atoms with van der Waals surface area (Å²) in [4.78, 5) is 14.8. The van der Waals surface area contributed by atoms with Gasteiger partial charge in [0.15, 0.2) is 5.78 Å². The van der Waals surface area contributed by atoms with Crippen molar-refractivity contribution >= 4 is 27.8 Å². The maximum atomic E-state index is 12.5. The summed E-state index contributed by atoms with van der Waals surface area (Å²) in [6.45, 7) is 6.13. The molecule has 0 amide bonds. The van der Waals surface area contributed by atoms with Gasteiger partial charge in [0, 0.05) is 4.47 Å². The molecular weight excluding hydrogens is 314 g/mol. The van der Waals surface area contributed by atoms with Crippen LogP contribution in [0.5, 0.6) is 0 Å². The second kappa shape index (κ2) is 6.68. The molecular formula is C17H22BrNO. The van der Waals surface area contributed by atoms with E-state index in [0.717, 1.165) is 23.1 Å². The Labute approximate surface area is 130 Å². The first-order valence-electron chi connectivity index (χ1n) is 7.23. The lowest BCUT2D eigenvalue weighted by Crippen LogP contribution is -2.51. The average Bonchev–Trinajstić information content (AvgIpc) is 2.47. The van der Waals surface area contributed by atoms with Crippen LogP contribution in [-0.2, 0) is 4.79 Å². The van der Waals surface area contributed by atoms with Crippen molar-refractivity contribution in [3.05, 3.63) is 40.4 Å². The van der Waals surface area contributed by atoms with Crippen LogP contribution in [0.15, 0.2) is 34.8 Å². The van der Waals surface area contributed by atoms with Gasteiger partial charge in [-0.1, -0.05) is 40.6 Å². The smallest absolute Gasteiger partial charge is 0.175 e. The normalized spacial score (nSPS) is 17.6. The molecule has 1 aliphatic rings. The van der Waals surface area contributed by atoms with Crippen LogP contribution in [0.25, 0.3) is 6.08 Å². The third-order valence-corrected chi connectivity index (χ3v) is 4.58. The number of carbonyl (C=O) groups excluding carboxylic acids is 1. The van der Waals surface area contributed by atoms with Gasteiger partial charge in [0.2, 0.25) is 0 Å². The molecule has 0 saturated carbocycles. The SMILES string of the molecule is CC(C)(C(=O)/C=C/c1ccc(Br)cc1)N1CCCCC1. The Balaban J connectivity index is 2.04. The first-order valence-corrected chi connectivity index (χ1v) is 8.02. The Kier molecular flexibility index (Phi) is 5.17. The fourth-order valence-electron chi connectivity index (χ4n) is 2.56. The van der Waals surface area contributed by atoms with Gasteiger partial charge in [0.1, 0.15) is 0 Å². The van der Waals surface area contributed by atoms with E-state index in [-0.39, 0.29) is 5.78 Å². The average molecular weight is 336 g/mol. The van der Waals surface area contributed by atoms with E-state index in [0.29, 0.717) is 0 Å². The zero-order valence-corrected chi connectivity index (χ0v) is 13.8. The van der Waals surface area contributed by atoms with Crippen LogP contribution in [0.4, 0.5) is 0 Å². The van der Waals surface area contributed by atoms with Crippen molar-refractivity contribution in [3.63, 3.8) is 0 Å². The molecule has 0 radical (unpaired) electrons. The molecule has 0 unspecified atom stereocenters. The number of nitrogens with zero attached hydrogens (tertiary/aromatic N) is 1. The standard InChI is InChI=1S/C17H22BrNO/c1-17(2,19-12-4-3-5-13-19)16(20)11-8-14-6-9-15(18)10-7-14/h6-11H,3-5,12-13H2,1-2H3/b11-8+. The van der Waals surface area contributed by atoms with E-state index >= 15 is 0 Å². The number of ketones is 1. The summed E-state index contributed by atoms with van der Waals surface area (Å²) in [5.74, 6) is 0.183. The van der Waals surface area contributed by atoms with Crippen LogP contribution in [0, 0.1) is 0 Å². The van der Waals surface area contributed by atoms with E-state index in [1.165, 1.54) is 19.3 Å². The van der Waals surface area contributed by atoms with E-state index in [1.807, 2.05) is 44.2 Å².